The first kappa shape index (κ1) is 15.0. The number of carbonyl (C=O) groups excluding carboxylic acids is 1. The van der Waals surface area contributed by atoms with Crippen molar-refractivity contribution in [1.29, 1.82) is 0 Å². The summed E-state index contributed by atoms with van der Waals surface area (Å²) in [6.45, 7) is 9.04. The van der Waals surface area contributed by atoms with Gasteiger partial charge in [-0.1, -0.05) is 6.42 Å². The molecule has 1 unspecified atom stereocenters. The number of piperidine rings is 1. The van der Waals surface area contributed by atoms with Gasteiger partial charge in [0.1, 0.15) is 0 Å². The Balaban J connectivity index is 1.72. The van der Waals surface area contributed by atoms with Crippen molar-refractivity contribution in [1.82, 2.24) is 20.4 Å². The van der Waals surface area contributed by atoms with Gasteiger partial charge in [-0.15, -0.1) is 0 Å². The molecule has 0 bridgehead atoms. The number of aromatic amines is 1. The van der Waals surface area contributed by atoms with Crippen LogP contribution in [0.15, 0.2) is 0 Å². The third-order valence-corrected chi connectivity index (χ3v) is 4.20. The average molecular weight is 278 g/mol. The van der Waals surface area contributed by atoms with Gasteiger partial charge in [-0.05, 0) is 46.6 Å². The molecule has 0 aliphatic carbocycles. The van der Waals surface area contributed by atoms with Gasteiger partial charge in [0, 0.05) is 24.8 Å². The standard InChI is InChI=1S/C15H26N4O/c1-11-7-4-5-9-19(11)10-6-8-16-15(20)14-12(2)17-18-13(14)3/h11H,4-10H2,1-3H3,(H,16,20)(H,17,18). The Morgan fingerprint density at radius 1 is 1.45 bits per heavy atom. The number of hydrogen-bond donors (Lipinski definition) is 2. The summed E-state index contributed by atoms with van der Waals surface area (Å²) in [5, 5.41) is 9.90. The molecule has 1 fully saturated rings. The molecular formula is C15H26N4O. The van der Waals surface area contributed by atoms with E-state index in [4.69, 9.17) is 0 Å². The third-order valence-electron chi connectivity index (χ3n) is 4.20. The molecule has 1 saturated heterocycles. The molecule has 1 atom stereocenters. The van der Waals surface area contributed by atoms with Gasteiger partial charge in [0.15, 0.2) is 0 Å². The number of amides is 1. The number of nitrogens with zero attached hydrogens (tertiary/aromatic N) is 2. The molecule has 0 radical (unpaired) electrons. The fourth-order valence-electron chi connectivity index (χ4n) is 2.95. The van der Waals surface area contributed by atoms with E-state index in [0.717, 1.165) is 30.9 Å². The van der Waals surface area contributed by atoms with E-state index in [-0.39, 0.29) is 5.91 Å². The summed E-state index contributed by atoms with van der Waals surface area (Å²) in [5.74, 6) is -0.0135. The molecule has 1 aromatic rings. The zero-order valence-corrected chi connectivity index (χ0v) is 12.8. The highest BCUT2D eigenvalue weighted by atomic mass is 16.1. The number of nitrogens with one attached hydrogen (secondary N) is 2. The lowest BCUT2D eigenvalue weighted by Crippen LogP contribution is -2.39. The van der Waals surface area contributed by atoms with Crippen LogP contribution >= 0.6 is 0 Å². The monoisotopic (exact) mass is 278 g/mol. The highest BCUT2D eigenvalue weighted by molar-refractivity contribution is 5.96. The molecule has 5 heteroatoms. The molecule has 20 heavy (non-hydrogen) atoms. The summed E-state index contributed by atoms with van der Waals surface area (Å²) in [4.78, 5) is 14.6. The summed E-state index contributed by atoms with van der Waals surface area (Å²) in [5.41, 5.74) is 2.30. The minimum absolute atomic E-state index is 0.0135. The molecule has 1 aromatic heterocycles. The molecule has 1 amide bonds. The maximum absolute atomic E-state index is 12.1. The van der Waals surface area contributed by atoms with Crippen LogP contribution in [0.3, 0.4) is 0 Å². The lowest BCUT2D eigenvalue weighted by molar-refractivity contribution is 0.0947. The minimum atomic E-state index is -0.0135. The van der Waals surface area contributed by atoms with Gasteiger partial charge in [0.05, 0.1) is 11.3 Å². The van der Waals surface area contributed by atoms with Gasteiger partial charge in [0.25, 0.3) is 5.91 Å². The number of carbonyl (C=O) groups is 1. The second-order valence-corrected chi connectivity index (χ2v) is 5.80. The van der Waals surface area contributed by atoms with Gasteiger partial charge in [-0.2, -0.15) is 5.10 Å². The Kier molecular flexibility index (Phi) is 5.17. The van der Waals surface area contributed by atoms with E-state index in [2.05, 4.69) is 27.3 Å². The van der Waals surface area contributed by atoms with E-state index >= 15 is 0 Å². The van der Waals surface area contributed by atoms with Crippen LogP contribution in [-0.2, 0) is 0 Å². The number of hydrogen-bond acceptors (Lipinski definition) is 3. The molecule has 2 N–H and O–H groups in total. The van der Waals surface area contributed by atoms with Gasteiger partial charge >= 0.3 is 0 Å². The first-order valence-corrected chi connectivity index (χ1v) is 7.63. The summed E-state index contributed by atoms with van der Waals surface area (Å²) in [6.07, 6.45) is 4.98. The van der Waals surface area contributed by atoms with Crippen LogP contribution < -0.4 is 5.32 Å². The second kappa shape index (κ2) is 6.88. The highest BCUT2D eigenvalue weighted by Gasteiger charge is 2.18. The third kappa shape index (κ3) is 3.60. The molecule has 2 heterocycles. The molecule has 1 aliphatic rings. The molecule has 2 rings (SSSR count). The van der Waals surface area contributed by atoms with E-state index in [1.165, 1.54) is 25.8 Å². The Hall–Kier alpha value is -1.36. The Labute approximate surface area is 121 Å². The topological polar surface area (TPSA) is 61.0 Å². The number of H-pyrrole nitrogens is 1. The summed E-state index contributed by atoms with van der Waals surface area (Å²) in [6, 6.07) is 0.692. The van der Waals surface area contributed by atoms with E-state index in [1.54, 1.807) is 0 Å². The second-order valence-electron chi connectivity index (χ2n) is 5.80. The number of rotatable bonds is 5. The summed E-state index contributed by atoms with van der Waals surface area (Å²) in [7, 11) is 0. The molecule has 5 nitrogen and oxygen atoms in total. The Morgan fingerprint density at radius 3 is 2.90 bits per heavy atom. The smallest absolute Gasteiger partial charge is 0.255 e. The molecule has 0 spiro atoms. The predicted molar refractivity (Wildman–Crippen MR) is 79.9 cm³/mol. The van der Waals surface area contributed by atoms with Crippen molar-refractivity contribution in [2.24, 2.45) is 0 Å². The van der Waals surface area contributed by atoms with E-state index in [9.17, 15) is 4.79 Å². The van der Waals surface area contributed by atoms with Crippen molar-refractivity contribution in [3.8, 4) is 0 Å². The Morgan fingerprint density at radius 2 is 2.25 bits per heavy atom. The number of aryl methyl sites for hydroxylation is 2. The van der Waals surface area contributed by atoms with Crippen LogP contribution in [0.4, 0.5) is 0 Å². The summed E-state index contributed by atoms with van der Waals surface area (Å²) < 4.78 is 0. The predicted octanol–water partition coefficient (Wildman–Crippen LogP) is 2.02. The van der Waals surface area contributed by atoms with Crippen molar-refractivity contribution in [3.63, 3.8) is 0 Å². The fraction of sp³-hybridized carbons (Fsp3) is 0.733. The Bertz CT molecular complexity index is 435. The molecule has 0 aromatic carbocycles. The van der Waals surface area contributed by atoms with Crippen LogP contribution in [0.25, 0.3) is 0 Å². The average Bonchev–Trinajstić information content (AvgIpc) is 2.76. The van der Waals surface area contributed by atoms with Gasteiger partial charge in [-0.3, -0.25) is 9.89 Å². The lowest BCUT2D eigenvalue weighted by Gasteiger charge is -2.33. The van der Waals surface area contributed by atoms with E-state index < -0.39 is 0 Å². The van der Waals surface area contributed by atoms with Crippen molar-refractivity contribution >= 4 is 5.91 Å². The minimum Gasteiger partial charge on any atom is -0.352 e. The SMILES string of the molecule is Cc1n[nH]c(C)c1C(=O)NCCCN1CCCCC1C. The van der Waals surface area contributed by atoms with Crippen molar-refractivity contribution in [3.05, 3.63) is 17.0 Å². The van der Waals surface area contributed by atoms with Gasteiger partial charge < -0.3 is 10.2 Å². The van der Waals surface area contributed by atoms with Crippen molar-refractivity contribution in [2.45, 2.75) is 52.5 Å². The van der Waals surface area contributed by atoms with Crippen molar-refractivity contribution in [2.75, 3.05) is 19.6 Å². The lowest BCUT2D eigenvalue weighted by atomic mass is 10.0. The zero-order valence-electron chi connectivity index (χ0n) is 12.8. The fourth-order valence-corrected chi connectivity index (χ4v) is 2.95. The maximum atomic E-state index is 12.1. The molecular weight excluding hydrogens is 252 g/mol. The quantitative estimate of drug-likeness (QED) is 0.810. The number of aromatic nitrogens is 2. The first-order valence-electron chi connectivity index (χ1n) is 7.63. The van der Waals surface area contributed by atoms with Crippen molar-refractivity contribution < 1.29 is 4.79 Å². The largest absolute Gasteiger partial charge is 0.352 e. The van der Waals surface area contributed by atoms with Crippen LogP contribution in [0, 0.1) is 13.8 Å². The van der Waals surface area contributed by atoms with Crippen LogP contribution in [0.5, 0.6) is 0 Å². The summed E-state index contributed by atoms with van der Waals surface area (Å²) >= 11 is 0. The first-order chi connectivity index (χ1) is 9.59. The molecule has 112 valence electrons. The van der Waals surface area contributed by atoms with E-state index in [0.29, 0.717) is 11.6 Å². The number of likely N-dealkylation sites (tertiary alicyclic amines) is 1. The van der Waals surface area contributed by atoms with Gasteiger partial charge in [0.2, 0.25) is 0 Å². The van der Waals surface area contributed by atoms with E-state index in [1.807, 2.05) is 13.8 Å². The van der Waals surface area contributed by atoms with Crippen LogP contribution in [0.2, 0.25) is 0 Å². The zero-order chi connectivity index (χ0) is 14.5. The normalized spacial score (nSPS) is 20.1. The highest BCUT2D eigenvalue weighted by Crippen LogP contribution is 2.16. The van der Waals surface area contributed by atoms with Crippen LogP contribution in [-0.4, -0.2) is 46.7 Å². The van der Waals surface area contributed by atoms with Crippen LogP contribution in [0.1, 0.15) is 54.4 Å². The maximum Gasteiger partial charge on any atom is 0.255 e. The van der Waals surface area contributed by atoms with Gasteiger partial charge in [-0.25, -0.2) is 0 Å². The molecule has 1 aliphatic heterocycles. The molecule has 0 saturated carbocycles.